The van der Waals surface area contributed by atoms with Crippen molar-refractivity contribution in [3.63, 3.8) is 0 Å². The van der Waals surface area contributed by atoms with Crippen LogP contribution in [0, 0.1) is 6.92 Å². The first-order valence-corrected chi connectivity index (χ1v) is 5.84. The Labute approximate surface area is 90.2 Å². The maximum Gasteiger partial charge on any atom is 0.202 e. The van der Waals surface area contributed by atoms with Gasteiger partial charge in [0, 0.05) is 24.0 Å². The predicted octanol–water partition coefficient (Wildman–Crippen LogP) is 1.94. The monoisotopic (exact) mass is 226 g/mol. The summed E-state index contributed by atoms with van der Waals surface area (Å²) >= 11 is 3.04. The molecule has 0 radical (unpaired) electrons. The Morgan fingerprint density at radius 3 is 2.86 bits per heavy atom. The molecule has 74 valence electrons. The molecule has 0 aliphatic carbocycles. The van der Waals surface area contributed by atoms with Crippen molar-refractivity contribution in [2.24, 2.45) is 0 Å². The highest BCUT2D eigenvalue weighted by molar-refractivity contribution is 7.09. The van der Waals surface area contributed by atoms with Crippen molar-refractivity contribution in [2.45, 2.75) is 13.3 Å². The lowest BCUT2D eigenvalue weighted by Gasteiger charge is -1.89. The van der Waals surface area contributed by atoms with Crippen LogP contribution in [-0.4, -0.2) is 21.4 Å². The maximum atomic E-state index is 4.36. The molecule has 1 N–H and O–H groups in total. The van der Waals surface area contributed by atoms with Crippen LogP contribution in [0.25, 0.3) is 0 Å². The number of aryl methyl sites for hydroxylation is 1. The van der Waals surface area contributed by atoms with E-state index < -0.39 is 0 Å². The third kappa shape index (κ3) is 2.08. The third-order valence-electron chi connectivity index (χ3n) is 1.69. The highest BCUT2D eigenvalue weighted by Gasteiger charge is 2.05. The Kier molecular flexibility index (Phi) is 2.74. The van der Waals surface area contributed by atoms with E-state index >= 15 is 0 Å². The number of hydrogen-bond donors (Lipinski definition) is 1. The Bertz CT molecular complexity index is 420. The van der Waals surface area contributed by atoms with Crippen molar-refractivity contribution < 1.29 is 0 Å². The summed E-state index contributed by atoms with van der Waals surface area (Å²) in [5.41, 5.74) is 1.05. The Hall–Kier alpha value is -1.01. The fourth-order valence-corrected chi connectivity index (χ4v) is 2.23. The molecule has 0 amide bonds. The van der Waals surface area contributed by atoms with Crippen molar-refractivity contribution >= 4 is 28.0 Å². The quantitative estimate of drug-likeness (QED) is 0.869. The van der Waals surface area contributed by atoms with E-state index in [0.29, 0.717) is 0 Å². The second-order valence-corrected chi connectivity index (χ2v) is 4.61. The van der Waals surface area contributed by atoms with Gasteiger partial charge in [-0.25, -0.2) is 9.97 Å². The molecule has 14 heavy (non-hydrogen) atoms. The van der Waals surface area contributed by atoms with Gasteiger partial charge in [0.2, 0.25) is 5.13 Å². The average Bonchev–Trinajstić information content (AvgIpc) is 2.76. The molecule has 4 nitrogen and oxygen atoms in total. The molecule has 2 aromatic heterocycles. The van der Waals surface area contributed by atoms with E-state index in [4.69, 9.17) is 0 Å². The van der Waals surface area contributed by atoms with E-state index in [1.165, 1.54) is 11.5 Å². The zero-order valence-corrected chi connectivity index (χ0v) is 9.58. The van der Waals surface area contributed by atoms with Crippen LogP contribution in [-0.2, 0) is 6.42 Å². The first-order chi connectivity index (χ1) is 6.78. The van der Waals surface area contributed by atoms with Gasteiger partial charge in [-0.05, 0) is 6.92 Å². The average molecular weight is 226 g/mol. The van der Waals surface area contributed by atoms with E-state index in [0.717, 1.165) is 28.1 Å². The van der Waals surface area contributed by atoms with Crippen LogP contribution in [0.5, 0.6) is 0 Å². The van der Waals surface area contributed by atoms with Gasteiger partial charge in [-0.2, -0.15) is 4.37 Å². The van der Waals surface area contributed by atoms with Gasteiger partial charge in [0.25, 0.3) is 0 Å². The SMILES string of the molecule is CNc1nc(Cc2csc(C)n2)ns1. The largest absolute Gasteiger partial charge is 0.363 e. The van der Waals surface area contributed by atoms with E-state index in [9.17, 15) is 0 Å². The van der Waals surface area contributed by atoms with Gasteiger partial charge in [-0.3, -0.25) is 0 Å². The normalized spacial score (nSPS) is 10.4. The first kappa shape index (κ1) is 9.54. The number of rotatable bonds is 3. The van der Waals surface area contributed by atoms with Gasteiger partial charge < -0.3 is 5.32 Å². The molecule has 0 fully saturated rings. The number of nitrogens with one attached hydrogen (secondary N) is 1. The van der Waals surface area contributed by atoms with Gasteiger partial charge in [0.05, 0.1) is 17.1 Å². The summed E-state index contributed by atoms with van der Waals surface area (Å²) in [7, 11) is 1.84. The van der Waals surface area contributed by atoms with Crippen molar-refractivity contribution in [3.8, 4) is 0 Å². The van der Waals surface area contributed by atoms with Gasteiger partial charge in [-0.1, -0.05) is 0 Å². The van der Waals surface area contributed by atoms with Crippen LogP contribution in [0.1, 0.15) is 16.5 Å². The Morgan fingerprint density at radius 1 is 1.43 bits per heavy atom. The summed E-state index contributed by atoms with van der Waals surface area (Å²) in [5, 5.41) is 6.96. The lowest BCUT2D eigenvalue weighted by molar-refractivity contribution is 0.991. The summed E-state index contributed by atoms with van der Waals surface area (Å²) in [4.78, 5) is 8.66. The Morgan fingerprint density at radius 2 is 2.29 bits per heavy atom. The molecule has 0 atom stereocenters. The van der Waals surface area contributed by atoms with Gasteiger partial charge in [0.15, 0.2) is 5.82 Å². The number of nitrogens with zero attached hydrogens (tertiary/aromatic N) is 3. The minimum Gasteiger partial charge on any atom is -0.363 e. The second kappa shape index (κ2) is 4.02. The van der Waals surface area contributed by atoms with Crippen molar-refractivity contribution in [1.82, 2.24) is 14.3 Å². The fourth-order valence-electron chi connectivity index (χ4n) is 1.08. The van der Waals surface area contributed by atoms with Gasteiger partial charge in [-0.15, -0.1) is 11.3 Å². The van der Waals surface area contributed by atoms with Crippen molar-refractivity contribution in [3.05, 3.63) is 21.9 Å². The second-order valence-electron chi connectivity index (χ2n) is 2.80. The van der Waals surface area contributed by atoms with Crippen LogP contribution in [0.2, 0.25) is 0 Å². The van der Waals surface area contributed by atoms with Crippen molar-refractivity contribution in [2.75, 3.05) is 12.4 Å². The number of hydrogen-bond acceptors (Lipinski definition) is 6. The molecule has 0 bridgehead atoms. The molecule has 2 rings (SSSR count). The van der Waals surface area contributed by atoms with Gasteiger partial charge in [0.1, 0.15) is 0 Å². The van der Waals surface area contributed by atoms with Crippen LogP contribution in [0.4, 0.5) is 5.13 Å². The molecule has 0 spiro atoms. The predicted molar refractivity (Wildman–Crippen MR) is 59.1 cm³/mol. The van der Waals surface area contributed by atoms with Crippen LogP contribution in [0.3, 0.4) is 0 Å². The number of anilines is 1. The summed E-state index contributed by atoms with van der Waals surface area (Å²) in [6, 6.07) is 0. The van der Waals surface area contributed by atoms with Crippen LogP contribution < -0.4 is 5.32 Å². The topological polar surface area (TPSA) is 50.7 Å². The summed E-state index contributed by atoms with van der Waals surface area (Å²) in [5.74, 6) is 0.838. The highest BCUT2D eigenvalue weighted by atomic mass is 32.1. The Balaban J connectivity index is 2.10. The molecule has 6 heteroatoms. The number of aromatic nitrogens is 3. The summed E-state index contributed by atoms with van der Waals surface area (Å²) in [6.45, 7) is 2.00. The molecule has 0 unspecified atom stereocenters. The van der Waals surface area contributed by atoms with E-state index in [1.807, 2.05) is 14.0 Å². The van der Waals surface area contributed by atoms with E-state index in [1.54, 1.807) is 11.3 Å². The smallest absolute Gasteiger partial charge is 0.202 e. The molecule has 0 saturated carbocycles. The molecular weight excluding hydrogens is 216 g/mol. The zero-order valence-electron chi connectivity index (χ0n) is 7.94. The zero-order chi connectivity index (χ0) is 9.97. The minimum atomic E-state index is 0.725. The number of thiazole rings is 1. The van der Waals surface area contributed by atoms with Crippen molar-refractivity contribution in [1.29, 1.82) is 0 Å². The summed E-state index contributed by atoms with van der Waals surface area (Å²) in [6.07, 6.45) is 0.725. The highest BCUT2D eigenvalue weighted by Crippen LogP contribution is 2.14. The van der Waals surface area contributed by atoms with E-state index in [-0.39, 0.29) is 0 Å². The van der Waals surface area contributed by atoms with E-state index in [2.05, 4.69) is 25.0 Å². The lowest BCUT2D eigenvalue weighted by atomic mass is 10.3. The van der Waals surface area contributed by atoms with Crippen LogP contribution in [0.15, 0.2) is 5.38 Å². The first-order valence-electron chi connectivity index (χ1n) is 4.19. The third-order valence-corrected chi connectivity index (χ3v) is 3.28. The van der Waals surface area contributed by atoms with Gasteiger partial charge >= 0.3 is 0 Å². The molecule has 0 saturated heterocycles. The molecular formula is C8H10N4S2. The standard InChI is InChI=1S/C8H10N4S2/c1-5-10-6(4-13-5)3-7-11-8(9-2)14-12-7/h4H,3H2,1-2H3,(H,9,11,12). The molecule has 0 aromatic carbocycles. The fraction of sp³-hybridized carbons (Fsp3) is 0.375. The molecule has 2 heterocycles. The lowest BCUT2D eigenvalue weighted by Crippen LogP contribution is -1.92. The minimum absolute atomic E-state index is 0.725. The summed E-state index contributed by atoms with van der Waals surface area (Å²) < 4.78 is 4.22. The molecule has 2 aromatic rings. The van der Waals surface area contributed by atoms with Crippen LogP contribution >= 0.6 is 22.9 Å². The maximum absolute atomic E-state index is 4.36. The molecule has 0 aliphatic heterocycles. The molecule has 0 aliphatic rings.